The Morgan fingerprint density at radius 1 is 1.40 bits per heavy atom. The zero-order chi connectivity index (χ0) is 15.1. The summed E-state index contributed by atoms with van der Waals surface area (Å²) < 4.78 is 12.0. The third kappa shape index (κ3) is 2.01. The molecule has 8 nitrogen and oxygen atoms in total. The van der Waals surface area contributed by atoms with E-state index in [0.717, 1.165) is 9.13 Å². The fraction of sp³-hybridized carbons (Fsp3) is 0.583. The Morgan fingerprint density at radius 3 is 2.65 bits per heavy atom. The number of carbonyl (C=O) groups is 1. The average molecular weight is 284 g/mol. The van der Waals surface area contributed by atoms with Gasteiger partial charge in [-0.05, 0) is 6.92 Å². The molecule has 2 heterocycles. The third-order valence-electron chi connectivity index (χ3n) is 3.27. The number of esters is 1. The van der Waals surface area contributed by atoms with Gasteiger partial charge in [0.05, 0.1) is 13.0 Å². The van der Waals surface area contributed by atoms with E-state index >= 15 is 0 Å². The van der Waals surface area contributed by atoms with E-state index in [4.69, 9.17) is 9.47 Å². The summed E-state index contributed by atoms with van der Waals surface area (Å²) >= 11 is 0. The van der Waals surface area contributed by atoms with E-state index in [-0.39, 0.29) is 24.7 Å². The molecule has 0 radical (unpaired) electrons. The molecule has 0 amide bonds. The van der Waals surface area contributed by atoms with E-state index in [1.807, 2.05) is 0 Å². The van der Waals surface area contributed by atoms with Crippen molar-refractivity contribution in [2.45, 2.75) is 18.9 Å². The van der Waals surface area contributed by atoms with E-state index in [9.17, 15) is 19.5 Å². The third-order valence-corrected chi connectivity index (χ3v) is 3.27. The predicted octanol–water partition coefficient (Wildman–Crippen LogP) is -1.38. The zero-order valence-corrected chi connectivity index (χ0v) is 11.5. The zero-order valence-electron chi connectivity index (χ0n) is 11.5. The van der Waals surface area contributed by atoms with Gasteiger partial charge < -0.3 is 14.6 Å². The summed E-state index contributed by atoms with van der Waals surface area (Å²) in [4.78, 5) is 35.5. The Hall–Kier alpha value is -2.09. The quantitative estimate of drug-likeness (QED) is 0.687. The van der Waals surface area contributed by atoms with E-state index in [1.165, 1.54) is 14.1 Å². The molecule has 0 aromatic carbocycles. The summed E-state index contributed by atoms with van der Waals surface area (Å²) in [5.41, 5.74) is -3.10. The molecule has 110 valence electrons. The number of aromatic nitrogens is 2. The summed E-state index contributed by atoms with van der Waals surface area (Å²) in [6.07, 6.45) is -0.402. The maximum atomic E-state index is 12.1. The minimum absolute atomic E-state index is 0.00935. The Kier molecular flexibility index (Phi) is 3.43. The van der Waals surface area contributed by atoms with Crippen molar-refractivity contribution < 1.29 is 19.4 Å². The second kappa shape index (κ2) is 4.78. The molecule has 2 rings (SSSR count). The van der Waals surface area contributed by atoms with Gasteiger partial charge >= 0.3 is 11.7 Å². The van der Waals surface area contributed by atoms with Crippen LogP contribution in [0.4, 0.5) is 0 Å². The van der Waals surface area contributed by atoms with Gasteiger partial charge in [0.2, 0.25) is 5.88 Å². The molecule has 1 aliphatic heterocycles. The van der Waals surface area contributed by atoms with Crippen LogP contribution < -0.4 is 16.0 Å². The van der Waals surface area contributed by atoms with Crippen LogP contribution >= 0.6 is 0 Å². The molecule has 1 N–H and O–H groups in total. The molecule has 1 aromatic rings. The first-order valence-electron chi connectivity index (χ1n) is 6.13. The van der Waals surface area contributed by atoms with Crippen molar-refractivity contribution in [1.82, 2.24) is 9.13 Å². The van der Waals surface area contributed by atoms with Crippen molar-refractivity contribution in [3.63, 3.8) is 0 Å². The first-order valence-corrected chi connectivity index (χ1v) is 6.13. The fourth-order valence-corrected chi connectivity index (χ4v) is 2.24. The molecular formula is C12H16N2O6. The minimum atomic E-state index is -1.78. The first-order chi connectivity index (χ1) is 9.31. The van der Waals surface area contributed by atoms with Crippen LogP contribution in [-0.4, -0.2) is 33.4 Å². The minimum Gasteiger partial charge on any atom is -0.475 e. The number of fused-ring (bicyclic) bond motifs is 1. The lowest BCUT2D eigenvalue weighted by Crippen LogP contribution is -2.43. The Bertz CT molecular complexity index is 674. The van der Waals surface area contributed by atoms with Crippen LogP contribution in [0.25, 0.3) is 0 Å². The Labute approximate surface area is 114 Å². The topological polar surface area (TPSA) is 99.8 Å². The normalized spacial score (nSPS) is 20.4. The Morgan fingerprint density at radius 2 is 2.05 bits per heavy atom. The van der Waals surface area contributed by atoms with Crippen LogP contribution in [0.5, 0.6) is 5.88 Å². The van der Waals surface area contributed by atoms with Crippen molar-refractivity contribution in [1.29, 1.82) is 0 Å². The van der Waals surface area contributed by atoms with Gasteiger partial charge in [-0.3, -0.25) is 18.7 Å². The van der Waals surface area contributed by atoms with Crippen molar-refractivity contribution in [2.75, 3.05) is 13.2 Å². The maximum Gasteiger partial charge on any atom is 0.333 e. The van der Waals surface area contributed by atoms with E-state index in [0.29, 0.717) is 0 Å². The van der Waals surface area contributed by atoms with E-state index < -0.39 is 29.2 Å². The standard InChI is InChI=1S/C12H16N2O6/c1-4-19-7(15)5-12(18)6-20-10-8(12)9(16)13(2)11(17)14(10)3/h18H,4-6H2,1-3H3. The lowest BCUT2D eigenvalue weighted by Gasteiger charge is -2.19. The number of hydrogen-bond acceptors (Lipinski definition) is 6. The summed E-state index contributed by atoms with van der Waals surface area (Å²) in [5.74, 6) is -0.646. The van der Waals surface area contributed by atoms with Crippen molar-refractivity contribution in [2.24, 2.45) is 14.1 Å². The summed E-state index contributed by atoms with van der Waals surface area (Å²) in [6.45, 7) is 1.55. The van der Waals surface area contributed by atoms with Gasteiger partial charge in [0.1, 0.15) is 17.8 Å². The molecule has 0 saturated heterocycles. The van der Waals surface area contributed by atoms with Gasteiger partial charge in [-0.25, -0.2) is 4.79 Å². The van der Waals surface area contributed by atoms with Crippen LogP contribution in [-0.2, 0) is 29.2 Å². The van der Waals surface area contributed by atoms with Gasteiger partial charge in [0.15, 0.2) is 0 Å². The number of ether oxygens (including phenoxy) is 2. The summed E-state index contributed by atoms with van der Waals surface area (Å²) in [5, 5.41) is 10.5. The second-order valence-electron chi connectivity index (χ2n) is 4.69. The molecular weight excluding hydrogens is 268 g/mol. The molecule has 0 spiro atoms. The molecule has 1 aromatic heterocycles. The van der Waals surface area contributed by atoms with Gasteiger partial charge in [-0.15, -0.1) is 0 Å². The molecule has 0 bridgehead atoms. The van der Waals surface area contributed by atoms with Crippen LogP contribution in [0.2, 0.25) is 0 Å². The lowest BCUT2D eigenvalue weighted by molar-refractivity contribution is -0.149. The average Bonchev–Trinajstić information content (AvgIpc) is 2.71. The van der Waals surface area contributed by atoms with Gasteiger partial charge in [0, 0.05) is 14.1 Å². The number of carbonyl (C=O) groups excluding carboxylic acids is 1. The van der Waals surface area contributed by atoms with Crippen molar-refractivity contribution in [3.8, 4) is 5.88 Å². The number of aliphatic hydroxyl groups is 1. The summed E-state index contributed by atoms with van der Waals surface area (Å²) in [6, 6.07) is 0. The SMILES string of the molecule is CCOC(=O)CC1(O)COc2c1c(=O)n(C)c(=O)n2C. The Balaban J connectivity index is 2.55. The molecule has 1 atom stereocenters. The molecule has 0 fully saturated rings. The predicted molar refractivity (Wildman–Crippen MR) is 67.6 cm³/mol. The van der Waals surface area contributed by atoms with Crippen LogP contribution in [0.3, 0.4) is 0 Å². The van der Waals surface area contributed by atoms with Crippen molar-refractivity contribution in [3.05, 3.63) is 26.4 Å². The summed E-state index contributed by atoms with van der Waals surface area (Å²) in [7, 11) is 2.73. The molecule has 8 heteroatoms. The first kappa shape index (κ1) is 14.3. The number of rotatable bonds is 3. The van der Waals surface area contributed by atoms with Crippen molar-refractivity contribution >= 4 is 5.97 Å². The fourth-order valence-electron chi connectivity index (χ4n) is 2.24. The lowest BCUT2D eigenvalue weighted by atomic mass is 9.94. The molecule has 0 saturated carbocycles. The number of hydrogen-bond donors (Lipinski definition) is 1. The molecule has 0 aliphatic carbocycles. The molecule has 20 heavy (non-hydrogen) atoms. The van der Waals surface area contributed by atoms with Gasteiger partial charge in [-0.1, -0.05) is 0 Å². The highest BCUT2D eigenvalue weighted by atomic mass is 16.5. The van der Waals surface area contributed by atoms with Gasteiger partial charge in [-0.2, -0.15) is 0 Å². The van der Waals surface area contributed by atoms with Crippen LogP contribution in [0.1, 0.15) is 18.9 Å². The monoisotopic (exact) mass is 284 g/mol. The smallest absolute Gasteiger partial charge is 0.333 e. The maximum absolute atomic E-state index is 12.1. The second-order valence-corrected chi connectivity index (χ2v) is 4.69. The number of nitrogens with zero attached hydrogens (tertiary/aromatic N) is 2. The van der Waals surface area contributed by atoms with E-state index in [2.05, 4.69) is 0 Å². The highest BCUT2D eigenvalue weighted by molar-refractivity contribution is 5.71. The largest absolute Gasteiger partial charge is 0.475 e. The highest BCUT2D eigenvalue weighted by Crippen LogP contribution is 2.35. The van der Waals surface area contributed by atoms with Crippen LogP contribution in [0.15, 0.2) is 9.59 Å². The van der Waals surface area contributed by atoms with Crippen LogP contribution in [0, 0.1) is 0 Å². The molecule has 1 aliphatic rings. The van der Waals surface area contributed by atoms with Gasteiger partial charge in [0.25, 0.3) is 5.56 Å². The highest BCUT2D eigenvalue weighted by Gasteiger charge is 2.45. The van der Waals surface area contributed by atoms with E-state index in [1.54, 1.807) is 6.92 Å². The molecule has 1 unspecified atom stereocenters.